The zero-order chi connectivity index (χ0) is 18.4. The Hall–Kier alpha value is -1.92. The molecule has 0 spiro atoms. The number of methoxy groups -OCH3 is 1. The van der Waals surface area contributed by atoms with Crippen LogP contribution in [0.5, 0.6) is 0 Å². The van der Waals surface area contributed by atoms with Crippen molar-refractivity contribution in [3.8, 4) is 0 Å². The van der Waals surface area contributed by atoms with E-state index in [-0.39, 0.29) is 11.7 Å². The lowest BCUT2D eigenvalue weighted by Crippen LogP contribution is -2.26. The van der Waals surface area contributed by atoms with Crippen molar-refractivity contribution in [3.63, 3.8) is 0 Å². The molecule has 1 heterocycles. The molecular weight excluding hydrogens is 351 g/mol. The maximum Gasteiger partial charge on any atom is 0.254 e. The van der Waals surface area contributed by atoms with E-state index in [4.69, 9.17) is 4.74 Å². The second-order valence-corrected chi connectivity index (χ2v) is 7.60. The van der Waals surface area contributed by atoms with Crippen LogP contribution in [0.15, 0.2) is 24.3 Å². The van der Waals surface area contributed by atoms with Crippen LogP contribution >= 0.6 is 11.3 Å². The molecule has 2 N–H and O–H groups in total. The minimum atomic E-state index is -0.239. The average molecular weight is 376 g/mol. The zero-order valence-electron chi connectivity index (χ0n) is 15.1. The molecule has 1 aromatic heterocycles. The van der Waals surface area contributed by atoms with Gasteiger partial charge in [-0.1, -0.05) is 12.1 Å². The van der Waals surface area contributed by atoms with Gasteiger partial charge in [-0.3, -0.25) is 4.79 Å². The van der Waals surface area contributed by atoms with Crippen LogP contribution in [-0.4, -0.2) is 26.2 Å². The zero-order valence-corrected chi connectivity index (χ0v) is 15.9. The third kappa shape index (κ3) is 4.62. The van der Waals surface area contributed by atoms with E-state index in [1.54, 1.807) is 30.6 Å². The Morgan fingerprint density at radius 3 is 2.77 bits per heavy atom. The predicted octanol–water partition coefficient (Wildman–Crippen LogP) is 4.14. The van der Waals surface area contributed by atoms with Gasteiger partial charge in [-0.25, -0.2) is 4.39 Å². The largest absolute Gasteiger partial charge is 0.385 e. The van der Waals surface area contributed by atoms with Crippen molar-refractivity contribution in [2.24, 2.45) is 0 Å². The fraction of sp³-hybridized carbons (Fsp3) is 0.450. The van der Waals surface area contributed by atoms with Crippen molar-refractivity contribution < 1.29 is 13.9 Å². The van der Waals surface area contributed by atoms with Crippen LogP contribution in [-0.2, 0) is 24.1 Å². The lowest BCUT2D eigenvalue weighted by molar-refractivity contribution is 0.0948. The highest BCUT2D eigenvalue weighted by molar-refractivity contribution is 7.16. The third-order valence-corrected chi connectivity index (χ3v) is 5.82. The van der Waals surface area contributed by atoms with Gasteiger partial charge in [0.2, 0.25) is 0 Å². The molecule has 2 aromatic rings. The Balaban J connectivity index is 1.74. The van der Waals surface area contributed by atoms with E-state index in [1.807, 2.05) is 0 Å². The van der Waals surface area contributed by atoms with E-state index in [9.17, 15) is 9.18 Å². The predicted molar refractivity (Wildman–Crippen MR) is 104 cm³/mol. The van der Waals surface area contributed by atoms with Gasteiger partial charge in [0.25, 0.3) is 5.91 Å². The van der Waals surface area contributed by atoms with Crippen molar-refractivity contribution >= 4 is 22.2 Å². The number of halogens is 1. The third-order valence-electron chi connectivity index (χ3n) is 4.58. The lowest BCUT2D eigenvalue weighted by atomic mass is 9.95. The van der Waals surface area contributed by atoms with Gasteiger partial charge in [-0.05, 0) is 55.4 Å². The molecule has 0 aliphatic heterocycles. The molecule has 26 heavy (non-hydrogen) atoms. The second kappa shape index (κ2) is 9.14. The van der Waals surface area contributed by atoms with E-state index in [2.05, 4.69) is 10.6 Å². The highest BCUT2D eigenvalue weighted by Crippen LogP contribution is 2.38. The van der Waals surface area contributed by atoms with Gasteiger partial charge in [0.15, 0.2) is 0 Å². The van der Waals surface area contributed by atoms with E-state index in [0.717, 1.165) is 41.8 Å². The number of benzene rings is 1. The van der Waals surface area contributed by atoms with Crippen LogP contribution < -0.4 is 10.6 Å². The first-order chi connectivity index (χ1) is 12.7. The first kappa shape index (κ1) is 18.9. The summed E-state index contributed by atoms with van der Waals surface area (Å²) < 4.78 is 18.1. The number of hydrogen-bond donors (Lipinski definition) is 2. The molecule has 1 amide bonds. The highest BCUT2D eigenvalue weighted by Gasteiger charge is 2.25. The summed E-state index contributed by atoms with van der Waals surface area (Å²) in [4.78, 5) is 14.1. The summed E-state index contributed by atoms with van der Waals surface area (Å²) in [6.45, 7) is 1.82. The Morgan fingerprint density at radius 1 is 1.23 bits per heavy atom. The van der Waals surface area contributed by atoms with Crippen molar-refractivity contribution in [2.75, 3.05) is 25.6 Å². The van der Waals surface area contributed by atoms with Gasteiger partial charge >= 0.3 is 0 Å². The smallest absolute Gasteiger partial charge is 0.254 e. The van der Waals surface area contributed by atoms with Crippen LogP contribution in [0.2, 0.25) is 0 Å². The van der Waals surface area contributed by atoms with Gasteiger partial charge in [0, 0.05) is 31.7 Å². The molecule has 1 aliphatic carbocycles. The fourth-order valence-electron chi connectivity index (χ4n) is 3.22. The first-order valence-corrected chi connectivity index (χ1v) is 9.90. The van der Waals surface area contributed by atoms with Crippen molar-refractivity contribution in [1.82, 2.24) is 5.32 Å². The lowest BCUT2D eigenvalue weighted by Gasteiger charge is -2.13. The van der Waals surface area contributed by atoms with Crippen LogP contribution in [0.4, 0.5) is 9.39 Å². The quantitative estimate of drug-likeness (QED) is 0.681. The summed E-state index contributed by atoms with van der Waals surface area (Å²) in [6, 6.07) is 6.44. The van der Waals surface area contributed by atoms with Crippen LogP contribution in [0, 0.1) is 5.82 Å². The molecule has 1 aromatic carbocycles. The molecular formula is C20H25FN2O2S. The Morgan fingerprint density at radius 2 is 2.00 bits per heavy atom. The van der Waals surface area contributed by atoms with E-state index in [1.165, 1.54) is 29.0 Å². The summed E-state index contributed by atoms with van der Waals surface area (Å²) in [5.41, 5.74) is 2.99. The van der Waals surface area contributed by atoms with Crippen LogP contribution in [0.25, 0.3) is 0 Å². The molecule has 6 heteroatoms. The summed E-state index contributed by atoms with van der Waals surface area (Å²) in [5.74, 6) is -0.251. The number of thiophene rings is 1. The molecule has 1 aliphatic rings. The molecule has 0 atom stereocenters. The van der Waals surface area contributed by atoms with Gasteiger partial charge in [0.1, 0.15) is 10.8 Å². The summed E-state index contributed by atoms with van der Waals surface area (Å²) in [5, 5.41) is 7.34. The maximum atomic E-state index is 13.1. The number of carbonyl (C=O) groups excluding carboxylic acids is 1. The molecule has 0 bridgehead atoms. The summed E-state index contributed by atoms with van der Waals surface area (Å²) in [7, 11) is 1.66. The van der Waals surface area contributed by atoms with Crippen LogP contribution in [0.1, 0.15) is 45.6 Å². The number of anilines is 1. The van der Waals surface area contributed by atoms with E-state index < -0.39 is 0 Å². The molecule has 4 nitrogen and oxygen atoms in total. The minimum absolute atomic E-state index is 0.0119. The first-order valence-electron chi connectivity index (χ1n) is 9.09. The normalized spacial score (nSPS) is 13.3. The number of carbonyl (C=O) groups is 1. The SMILES string of the molecule is COCCCNC(=O)c1c(NCc2ccc(F)cc2)sc2c1CCCC2. The number of aryl methyl sites for hydroxylation is 1. The number of ether oxygens (including phenoxy) is 1. The monoisotopic (exact) mass is 376 g/mol. The van der Waals surface area contributed by atoms with E-state index in [0.29, 0.717) is 19.7 Å². The number of hydrogen-bond acceptors (Lipinski definition) is 4. The van der Waals surface area contributed by atoms with Crippen molar-refractivity contribution in [2.45, 2.75) is 38.6 Å². The topological polar surface area (TPSA) is 50.4 Å². The maximum absolute atomic E-state index is 13.1. The molecule has 0 saturated heterocycles. The second-order valence-electron chi connectivity index (χ2n) is 6.50. The molecule has 0 saturated carbocycles. The van der Waals surface area contributed by atoms with Crippen LogP contribution in [0.3, 0.4) is 0 Å². The number of amides is 1. The van der Waals surface area contributed by atoms with Gasteiger partial charge in [0.05, 0.1) is 5.56 Å². The number of rotatable bonds is 8. The minimum Gasteiger partial charge on any atom is -0.385 e. The molecule has 3 rings (SSSR count). The Labute approximate surface area is 157 Å². The highest BCUT2D eigenvalue weighted by atomic mass is 32.1. The summed E-state index contributed by atoms with van der Waals surface area (Å²) in [6.07, 6.45) is 5.12. The van der Waals surface area contributed by atoms with Gasteiger partial charge in [-0.2, -0.15) is 0 Å². The number of nitrogens with one attached hydrogen (secondary N) is 2. The standard InChI is InChI=1S/C20H25FN2O2S/c1-25-12-4-11-22-19(24)18-16-5-2-3-6-17(16)26-20(18)23-13-14-7-9-15(21)10-8-14/h7-10,23H,2-6,11-13H2,1H3,(H,22,24). The summed E-state index contributed by atoms with van der Waals surface area (Å²) >= 11 is 1.69. The van der Waals surface area contributed by atoms with Gasteiger partial charge in [-0.15, -0.1) is 11.3 Å². The molecule has 140 valence electrons. The Kier molecular flexibility index (Phi) is 6.63. The van der Waals surface area contributed by atoms with Gasteiger partial charge < -0.3 is 15.4 Å². The number of fused-ring (bicyclic) bond motifs is 1. The van der Waals surface area contributed by atoms with Crippen molar-refractivity contribution in [1.29, 1.82) is 0 Å². The Bertz CT molecular complexity index is 743. The molecule has 0 fully saturated rings. The molecule has 0 unspecified atom stereocenters. The van der Waals surface area contributed by atoms with E-state index >= 15 is 0 Å². The fourth-order valence-corrected chi connectivity index (χ4v) is 4.50. The van der Waals surface area contributed by atoms with Crippen molar-refractivity contribution in [3.05, 3.63) is 51.7 Å². The average Bonchev–Trinajstić information content (AvgIpc) is 3.03. The molecule has 0 radical (unpaired) electrons.